The first-order valence-electron chi connectivity index (χ1n) is 8.70. The number of thioether (sulfide) groups is 1. The van der Waals surface area contributed by atoms with Gasteiger partial charge in [0.05, 0.1) is 24.7 Å². The molecule has 1 aromatic carbocycles. The Bertz CT molecular complexity index is 553. The summed E-state index contributed by atoms with van der Waals surface area (Å²) in [7, 11) is 0. The van der Waals surface area contributed by atoms with Crippen molar-refractivity contribution in [3.05, 3.63) is 30.3 Å². The first-order chi connectivity index (χ1) is 11.8. The smallest absolute Gasteiger partial charge is 0.233 e. The van der Waals surface area contributed by atoms with Crippen molar-refractivity contribution in [3.63, 3.8) is 0 Å². The number of carbonyl (C=O) groups excluding carboxylic acids is 1. The van der Waals surface area contributed by atoms with Crippen molar-refractivity contribution in [2.45, 2.75) is 19.3 Å². The van der Waals surface area contributed by atoms with Crippen molar-refractivity contribution < 1.29 is 9.53 Å². The molecule has 0 N–H and O–H groups in total. The number of hydrogen-bond donors (Lipinski definition) is 0. The predicted octanol–water partition coefficient (Wildman–Crippen LogP) is 2.75. The van der Waals surface area contributed by atoms with Gasteiger partial charge < -0.3 is 14.5 Å². The van der Waals surface area contributed by atoms with E-state index < -0.39 is 0 Å². The van der Waals surface area contributed by atoms with Crippen LogP contribution in [0.25, 0.3) is 0 Å². The Balaban J connectivity index is 1.65. The molecule has 0 aromatic heterocycles. The minimum atomic E-state index is 0.182. The number of nitrogens with zero attached hydrogens (tertiary/aromatic N) is 3. The first kappa shape index (κ1) is 17.3. The van der Waals surface area contributed by atoms with Crippen LogP contribution in [0.15, 0.2) is 35.3 Å². The van der Waals surface area contributed by atoms with E-state index >= 15 is 0 Å². The molecule has 0 radical (unpaired) electrons. The van der Waals surface area contributed by atoms with Gasteiger partial charge in [-0.25, -0.2) is 4.99 Å². The minimum Gasteiger partial charge on any atom is -0.378 e. The van der Waals surface area contributed by atoms with Gasteiger partial charge >= 0.3 is 0 Å². The predicted molar refractivity (Wildman–Crippen MR) is 98.8 cm³/mol. The van der Waals surface area contributed by atoms with Crippen LogP contribution in [0.1, 0.15) is 19.3 Å². The van der Waals surface area contributed by atoms with E-state index in [0.29, 0.717) is 32.1 Å². The minimum absolute atomic E-state index is 0.182. The summed E-state index contributed by atoms with van der Waals surface area (Å²) in [5, 5.41) is 0.975. The number of morpholine rings is 1. The lowest BCUT2D eigenvalue weighted by Gasteiger charge is -2.30. The van der Waals surface area contributed by atoms with E-state index in [4.69, 9.17) is 9.73 Å². The molecular formula is C18H25N3O2S. The zero-order valence-corrected chi connectivity index (χ0v) is 14.8. The van der Waals surface area contributed by atoms with Crippen molar-refractivity contribution in [1.29, 1.82) is 0 Å². The second-order valence-electron chi connectivity index (χ2n) is 6.06. The van der Waals surface area contributed by atoms with Gasteiger partial charge in [-0.2, -0.15) is 0 Å². The van der Waals surface area contributed by atoms with Crippen LogP contribution >= 0.6 is 11.8 Å². The summed E-state index contributed by atoms with van der Waals surface area (Å²) in [6.07, 6.45) is 3.68. The summed E-state index contributed by atoms with van der Waals surface area (Å²) in [5.41, 5.74) is 0.949. The third-order valence-electron chi connectivity index (χ3n) is 4.30. The molecule has 1 aromatic rings. The molecule has 6 heteroatoms. The Morgan fingerprint density at radius 2 is 1.71 bits per heavy atom. The highest BCUT2D eigenvalue weighted by atomic mass is 32.2. The molecule has 2 aliphatic heterocycles. The van der Waals surface area contributed by atoms with Gasteiger partial charge in [0.1, 0.15) is 0 Å². The Morgan fingerprint density at radius 1 is 1.00 bits per heavy atom. The SMILES string of the molecule is O=C(CSC(=Nc1ccccc1)N1CCCCC1)N1CCOCC1. The maximum Gasteiger partial charge on any atom is 0.233 e. The molecule has 5 nitrogen and oxygen atoms in total. The molecule has 2 heterocycles. The quantitative estimate of drug-likeness (QED) is 0.623. The van der Waals surface area contributed by atoms with E-state index in [9.17, 15) is 4.79 Å². The summed E-state index contributed by atoms with van der Waals surface area (Å²) in [6.45, 7) is 4.76. The van der Waals surface area contributed by atoms with Crippen LogP contribution in [-0.2, 0) is 9.53 Å². The topological polar surface area (TPSA) is 45.1 Å². The van der Waals surface area contributed by atoms with Gasteiger partial charge in [0.15, 0.2) is 5.17 Å². The second-order valence-corrected chi connectivity index (χ2v) is 7.00. The molecule has 2 aliphatic rings. The Morgan fingerprint density at radius 3 is 2.42 bits per heavy atom. The van der Waals surface area contributed by atoms with E-state index in [2.05, 4.69) is 4.90 Å². The van der Waals surface area contributed by atoms with Crippen molar-refractivity contribution >= 4 is 28.5 Å². The number of hydrogen-bond acceptors (Lipinski definition) is 4. The molecule has 0 saturated carbocycles. The number of benzene rings is 1. The fraction of sp³-hybridized carbons (Fsp3) is 0.556. The third-order valence-corrected chi connectivity index (χ3v) is 5.30. The van der Waals surface area contributed by atoms with E-state index in [1.807, 2.05) is 35.2 Å². The van der Waals surface area contributed by atoms with Crippen molar-refractivity contribution in [2.24, 2.45) is 4.99 Å². The van der Waals surface area contributed by atoms with Crippen molar-refractivity contribution in [1.82, 2.24) is 9.80 Å². The van der Waals surface area contributed by atoms with Crippen LogP contribution in [0.5, 0.6) is 0 Å². The molecule has 0 bridgehead atoms. The summed E-state index contributed by atoms with van der Waals surface area (Å²) in [4.78, 5) is 21.4. The van der Waals surface area contributed by atoms with E-state index in [0.717, 1.165) is 23.9 Å². The standard InChI is InChI=1S/C18H25N3O2S/c22-17(20-11-13-23-14-12-20)15-24-18(21-9-5-2-6-10-21)19-16-7-3-1-4-8-16/h1,3-4,7-8H,2,5-6,9-15H2. The Hall–Kier alpha value is -1.53. The lowest BCUT2D eigenvalue weighted by Crippen LogP contribution is -2.42. The average molecular weight is 347 g/mol. The number of likely N-dealkylation sites (tertiary alicyclic amines) is 1. The second kappa shape index (κ2) is 9.08. The fourth-order valence-corrected chi connectivity index (χ4v) is 3.89. The average Bonchev–Trinajstić information content (AvgIpc) is 2.67. The van der Waals surface area contributed by atoms with Gasteiger partial charge in [-0.05, 0) is 31.4 Å². The molecule has 3 rings (SSSR count). The molecule has 2 fully saturated rings. The van der Waals surface area contributed by atoms with Crippen LogP contribution in [0, 0.1) is 0 Å². The lowest BCUT2D eigenvalue weighted by molar-refractivity contribution is -0.132. The van der Waals surface area contributed by atoms with Crippen molar-refractivity contribution in [3.8, 4) is 0 Å². The molecule has 1 amide bonds. The van der Waals surface area contributed by atoms with E-state index in [1.54, 1.807) is 11.8 Å². The van der Waals surface area contributed by atoms with Crippen LogP contribution < -0.4 is 0 Å². The summed E-state index contributed by atoms with van der Waals surface area (Å²) in [6, 6.07) is 10.0. The first-order valence-corrected chi connectivity index (χ1v) is 9.68. The van der Waals surface area contributed by atoms with Gasteiger partial charge in [0.25, 0.3) is 0 Å². The number of carbonyl (C=O) groups is 1. The maximum atomic E-state index is 12.4. The molecule has 130 valence electrons. The molecule has 0 aliphatic carbocycles. The largest absolute Gasteiger partial charge is 0.378 e. The lowest BCUT2D eigenvalue weighted by atomic mass is 10.1. The molecule has 0 spiro atoms. The van der Waals surface area contributed by atoms with Crippen LogP contribution in [0.3, 0.4) is 0 Å². The number of piperidine rings is 1. The zero-order chi connectivity index (χ0) is 16.6. The number of aliphatic imine (C=N–C) groups is 1. The highest BCUT2D eigenvalue weighted by Crippen LogP contribution is 2.21. The van der Waals surface area contributed by atoms with Crippen molar-refractivity contribution in [2.75, 3.05) is 45.1 Å². The van der Waals surface area contributed by atoms with Crippen LogP contribution in [0.2, 0.25) is 0 Å². The van der Waals surface area contributed by atoms with E-state index in [1.165, 1.54) is 19.3 Å². The Kier molecular flexibility index (Phi) is 6.55. The van der Waals surface area contributed by atoms with E-state index in [-0.39, 0.29) is 5.91 Å². The van der Waals surface area contributed by atoms with Gasteiger partial charge in [-0.15, -0.1) is 0 Å². The molecule has 0 atom stereocenters. The summed E-state index contributed by atoms with van der Waals surface area (Å²) < 4.78 is 5.32. The summed E-state index contributed by atoms with van der Waals surface area (Å²) in [5.74, 6) is 0.628. The van der Waals surface area contributed by atoms with Gasteiger partial charge in [0, 0.05) is 26.2 Å². The fourth-order valence-electron chi connectivity index (χ4n) is 2.92. The van der Waals surface area contributed by atoms with Gasteiger partial charge in [-0.3, -0.25) is 4.79 Å². The highest BCUT2D eigenvalue weighted by molar-refractivity contribution is 8.14. The monoisotopic (exact) mass is 347 g/mol. The van der Waals surface area contributed by atoms with Crippen LogP contribution in [-0.4, -0.2) is 66.0 Å². The van der Waals surface area contributed by atoms with Gasteiger partial charge in [-0.1, -0.05) is 30.0 Å². The highest BCUT2D eigenvalue weighted by Gasteiger charge is 2.20. The third kappa shape index (κ3) is 4.98. The molecular weight excluding hydrogens is 322 g/mol. The molecule has 2 saturated heterocycles. The number of amides is 1. The molecule has 24 heavy (non-hydrogen) atoms. The number of rotatable bonds is 3. The van der Waals surface area contributed by atoms with Crippen LogP contribution in [0.4, 0.5) is 5.69 Å². The maximum absolute atomic E-state index is 12.4. The number of amidine groups is 1. The number of ether oxygens (including phenoxy) is 1. The molecule has 0 unspecified atom stereocenters. The number of para-hydroxylation sites is 1. The Labute approximate surface area is 148 Å². The normalized spacial score (nSPS) is 19.4. The van der Waals surface area contributed by atoms with Gasteiger partial charge in [0.2, 0.25) is 5.91 Å². The summed E-state index contributed by atoms with van der Waals surface area (Å²) >= 11 is 1.57. The zero-order valence-electron chi connectivity index (χ0n) is 14.0.